The molecule has 0 unspecified atom stereocenters. The third kappa shape index (κ3) is 4.01. The third-order valence-corrected chi connectivity index (χ3v) is 3.53. The lowest BCUT2D eigenvalue weighted by atomic mass is 10.2. The maximum absolute atomic E-state index is 12.7. The van der Waals surface area contributed by atoms with E-state index in [1.54, 1.807) is 10.8 Å². The van der Waals surface area contributed by atoms with Crippen LogP contribution in [0.25, 0.3) is 5.82 Å². The minimum atomic E-state index is -4.44. The molecule has 0 saturated heterocycles. The number of hydrogen-bond acceptors (Lipinski definition) is 2. The molecule has 22 heavy (non-hydrogen) atoms. The van der Waals surface area contributed by atoms with E-state index < -0.39 is 11.7 Å². The van der Waals surface area contributed by atoms with Gasteiger partial charge in [-0.1, -0.05) is 11.6 Å². The largest absolute Gasteiger partial charge is 0.417 e. The fourth-order valence-corrected chi connectivity index (χ4v) is 2.42. The van der Waals surface area contributed by atoms with Crippen LogP contribution in [0.5, 0.6) is 0 Å². The van der Waals surface area contributed by atoms with Crippen LogP contribution < -0.4 is 0 Å². The molecule has 7 heteroatoms. The second kappa shape index (κ2) is 6.71. The van der Waals surface area contributed by atoms with Crippen LogP contribution in [0.15, 0.2) is 30.6 Å². The molecule has 120 valence electrons. The zero-order chi connectivity index (χ0) is 16.3. The van der Waals surface area contributed by atoms with E-state index in [1.165, 1.54) is 0 Å². The Morgan fingerprint density at radius 3 is 2.64 bits per heavy atom. The molecule has 0 atom stereocenters. The second-order valence-electron chi connectivity index (χ2n) is 5.30. The normalized spacial score (nSPS) is 12.1. The van der Waals surface area contributed by atoms with E-state index in [0.717, 1.165) is 37.3 Å². The number of halogens is 4. The van der Waals surface area contributed by atoms with E-state index in [2.05, 4.69) is 9.88 Å². The van der Waals surface area contributed by atoms with Gasteiger partial charge in [0.2, 0.25) is 0 Å². The van der Waals surface area contributed by atoms with Gasteiger partial charge in [0.25, 0.3) is 0 Å². The van der Waals surface area contributed by atoms with Crippen LogP contribution in [0.2, 0.25) is 5.02 Å². The number of aryl methyl sites for hydroxylation is 1. The van der Waals surface area contributed by atoms with Crippen LogP contribution in [-0.2, 0) is 12.6 Å². The van der Waals surface area contributed by atoms with Gasteiger partial charge in [-0.25, -0.2) is 4.98 Å². The molecule has 0 radical (unpaired) electrons. The van der Waals surface area contributed by atoms with Gasteiger partial charge < -0.3 is 9.47 Å². The van der Waals surface area contributed by atoms with E-state index in [-0.39, 0.29) is 5.02 Å². The maximum atomic E-state index is 12.7. The Morgan fingerprint density at radius 1 is 1.32 bits per heavy atom. The van der Waals surface area contributed by atoms with Crippen LogP contribution in [0, 0.1) is 0 Å². The van der Waals surface area contributed by atoms with Crippen molar-refractivity contribution in [2.45, 2.75) is 19.0 Å². The summed E-state index contributed by atoms with van der Waals surface area (Å²) in [7, 11) is 3.99. The summed E-state index contributed by atoms with van der Waals surface area (Å²) < 4.78 is 39.7. The van der Waals surface area contributed by atoms with Gasteiger partial charge in [0, 0.05) is 18.1 Å². The molecule has 0 bridgehead atoms. The summed E-state index contributed by atoms with van der Waals surface area (Å²) in [6, 6.07) is 4.67. The van der Waals surface area contributed by atoms with Crippen molar-refractivity contribution in [3.05, 3.63) is 46.9 Å². The molecular weight excluding hydrogens is 315 g/mol. The molecule has 0 aliphatic rings. The highest BCUT2D eigenvalue weighted by Crippen LogP contribution is 2.32. The molecule has 2 rings (SSSR count). The van der Waals surface area contributed by atoms with Gasteiger partial charge in [0.15, 0.2) is 5.82 Å². The van der Waals surface area contributed by atoms with E-state index in [4.69, 9.17) is 11.6 Å². The number of pyridine rings is 1. The molecule has 2 aromatic heterocycles. The molecule has 0 aliphatic heterocycles. The highest BCUT2D eigenvalue weighted by molar-refractivity contribution is 6.32. The van der Waals surface area contributed by atoms with Crippen LogP contribution in [-0.4, -0.2) is 35.1 Å². The van der Waals surface area contributed by atoms with E-state index in [1.807, 2.05) is 26.2 Å². The Labute approximate surface area is 132 Å². The standard InChI is InChI=1S/C15H17ClF3N3/c1-21(2)7-3-5-12-6-4-8-22(12)14-13(16)9-11(10-20-14)15(17,18)19/h4,6,8-10H,3,5,7H2,1-2H3. The smallest absolute Gasteiger partial charge is 0.309 e. The highest BCUT2D eigenvalue weighted by Gasteiger charge is 2.31. The van der Waals surface area contributed by atoms with E-state index in [9.17, 15) is 13.2 Å². The van der Waals surface area contributed by atoms with Gasteiger partial charge in [-0.15, -0.1) is 0 Å². The topological polar surface area (TPSA) is 21.1 Å². The fourth-order valence-electron chi connectivity index (χ4n) is 2.17. The lowest BCUT2D eigenvalue weighted by Crippen LogP contribution is -2.14. The van der Waals surface area contributed by atoms with Gasteiger partial charge in [0.1, 0.15) is 0 Å². The number of alkyl halides is 3. The molecule has 0 saturated carbocycles. The quantitative estimate of drug-likeness (QED) is 0.824. The van der Waals surface area contributed by atoms with Gasteiger partial charge in [-0.3, -0.25) is 0 Å². The summed E-state index contributed by atoms with van der Waals surface area (Å²) in [5.41, 5.74) is 0.124. The number of nitrogens with zero attached hydrogens (tertiary/aromatic N) is 3. The Balaban J connectivity index is 2.24. The fraction of sp³-hybridized carbons (Fsp3) is 0.400. The van der Waals surface area contributed by atoms with Gasteiger partial charge in [-0.05, 0) is 51.7 Å². The first-order valence-electron chi connectivity index (χ1n) is 6.83. The Kier molecular flexibility index (Phi) is 5.13. The van der Waals surface area contributed by atoms with Crippen molar-refractivity contribution >= 4 is 11.6 Å². The van der Waals surface area contributed by atoms with Crippen molar-refractivity contribution in [2.75, 3.05) is 20.6 Å². The Bertz CT molecular complexity index is 635. The van der Waals surface area contributed by atoms with Crippen molar-refractivity contribution in [3.63, 3.8) is 0 Å². The lowest BCUT2D eigenvalue weighted by Gasteiger charge is -2.13. The Hall–Kier alpha value is -1.53. The maximum Gasteiger partial charge on any atom is 0.417 e. The molecule has 2 aromatic rings. The lowest BCUT2D eigenvalue weighted by molar-refractivity contribution is -0.137. The summed E-state index contributed by atoms with van der Waals surface area (Å²) in [5.74, 6) is 0.319. The van der Waals surface area contributed by atoms with Crippen molar-refractivity contribution in [1.29, 1.82) is 0 Å². The Morgan fingerprint density at radius 2 is 2.05 bits per heavy atom. The first kappa shape index (κ1) is 16.8. The monoisotopic (exact) mass is 331 g/mol. The predicted octanol–water partition coefficient (Wildman–Crippen LogP) is 4.04. The van der Waals surface area contributed by atoms with Gasteiger partial charge in [0.05, 0.1) is 10.6 Å². The summed E-state index contributed by atoms with van der Waals surface area (Å²) in [6.45, 7) is 0.930. The number of aromatic nitrogens is 2. The second-order valence-corrected chi connectivity index (χ2v) is 5.71. The number of hydrogen-bond donors (Lipinski definition) is 0. The minimum Gasteiger partial charge on any atom is -0.309 e. The van der Waals surface area contributed by atoms with Crippen molar-refractivity contribution in [2.24, 2.45) is 0 Å². The molecule has 0 amide bonds. The minimum absolute atomic E-state index is 0.0140. The van der Waals surface area contributed by atoms with Crippen LogP contribution in [0.4, 0.5) is 13.2 Å². The molecule has 0 N–H and O–H groups in total. The molecule has 0 aromatic carbocycles. The average Bonchev–Trinajstić information content (AvgIpc) is 2.85. The third-order valence-electron chi connectivity index (χ3n) is 3.25. The van der Waals surface area contributed by atoms with E-state index in [0.29, 0.717) is 5.82 Å². The molecule has 0 fully saturated rings. The summed E-state index contributed by atoms with van der Waals surface area (Å²) in [4.78, 5) is 5.97. The van der Waals surface area contributed by atoms with Crippen LogP contribution in [0.1, 0.15) is 17.7 Å². The molecule has 2 heterocycles. The number of rotatable bonds is 5. The van der Waals surface area contributed by atoms with Crippen molar-refractivity contribution in [3.8, 4) is 5.82 Å². The first-order valence-corrected chi connectivity index (χ1v) is 7.21. The highest BCUT2D eigenvalue weighted by atomic mass is 35.5. The predicted molar refractivity (Wildman–Crippen MR) is 80.5 cm³/mol. The average molecular weight is 332 g/mol. The molecule has 0 aliphatic carbocycles. The molecule has 3 nitrogen and oxygen atoms in total. The van der Waals surface area contributed by atoms with Crippen molar-refractivity contribution < 1.29 is 13.2 Å². The first-order chi connectivity index (χ1) is 10.3. The summed E-state index contributed by atoms with van der Waals surface area (Å²) in [5, 5.41) is -0.0140. The van der Waals surface area contributed by atoms with E-state index >= 15 is 0 Å². The zero-order valence-electron chi connectivity index (χ0n) is 12.4. The molecule has 0 spiro atoms. The SMILES string of the molecule is CN(C)CCCc1cccn1-c1ncc(C(F)(F)F)cc1Cl. The van der Waals surface area contributed by atoms with Crippen LogP contribution in [0.3, 0.4) is 0 Å². The summed E-state index contributed by atoms with van der Waals surface area (Å²) in [6.07, 6.45) is -0.142. The van der Waals surface area contributed by atoms with Crippen molar-refractivity contribution in [1.82, 2.24) is 14.5 Å². The van der Waals surface area contributed by atoms with Gasteiger partial charge in [-0.2, -0.15) is 13.2 Å². The van der Waals surface area contributed by atoms with Crippen LogP contribution >= 0.6 is 11.6 Å². The molecular formula is C15H17ClF3N3. The van der Waals surface area contributed by atoms with Gasteiger partial charge >= 0.3 is 6.18 Å². The zero-order valence-corrected chi connectivity index (χ0v) is 13.1. The summed E-state index contributed by atoms with van der Waals surface area (Å²) >= 11 is 5.99.